The summed E-state index contributed by atoms with van der Waals surface area (Å²) in [5.41, 5.74) is 1.52. The van der Waals surface area contributed by atoms with Crippen molar-refractivity contribution >= 4 is 22.6 Å². The van der Waals surface area contributed by atoms with Crippen LogP contribution in [0.3, 0.4) is 0 Å². The number of aromatic nitrogens is 2. The number of furan rings is 1. The Morgan fingerprint density at radius 3 is 2.84 bits per heavy atom. The molecule has 0 unspecified atom stereocenters. The maximum atomic E-state index is 5.99. The standard InChI is InChI=1S/C14H11ClN2O2/c1-18-8-10-7-13(15)17-14(16-10)12-6-9-4-2-3-5-11(9)19-12/h2-7H,8H2,1H3. The quantitative estimate of drug-likeness (QED) is 0.684. The first-order valence-corrected chi connectivity index (χ1v) is 6.15. The van der Waals surface area contributed by atoms with Crippen molar-refractivity contribution in [3.8, 4) is 11.6 Å². The van der Waals surface area contributed by atoms with Gasteiger partial charge in [-0.1, -0.05) is 29.8 Å². The molecule has 2 heterocycles. The number of hydrogen-bond donors (Lipinski definition) is 0. The summed E-state index contributed by atoms with van der Waals surface area (Å²) in [5, 5.41) is 1.38. The molecule has 0 saturated heterocycles. The van der Waals surface area contributed by atoms with E-state index in [1.165, 1.54) is 0 Å². The van der Waals surface area contributed by atoms with Crippen LogP contribution in [0.5, 0.6) is 0 Å². The molecule has 0 bridgehead atoms. The van der Waals surface area contributed by atoms with E-state index < -0.39 is 0 Å². The second-order valence-electron chi connectivity index (χ2n) is 4.09. The Morgan fingerprint density at radius 2 is 2.05 bits per heavy atom. The second-order valence-corrected chi connectivity index (χ2v) is 4.47. The van der Waals surface area contributed by atoms with Gasteiger partial charge in [0.05, 0.1) is 12.3 Å². The van der Waals surface area contributed by atoms with E-state index in [0.29, 0.717) is 23.3 Å². The van der Waals surface area contributed by atoms with Crippen LogP contribution in [0.15, 0.2) is 40.8 Å². The van der Waals surface area contributed by atoms with Crippen molar-refractivity contribution in [3.63, 3.8) is 0 Å². The predicted octanol–water partition coefficient (Wildman–Crippen LogP) is 3.69. The van der Waals surface area contributed by atoms with Gasteiger partial charge in [0, 0.05) is 12.5 Å². The molecule has 4 nitrogen and oxygen atoms in total. The Kier molecular flexibility index (Phi) is 3.19. The summed E-state index contributed by atoms with van der Waals surface area (Å²) in [4.78, 5) is 8.56. The van der Waals surface area contributed by atoms with Crippen LogP contribution >= 0.6 is 11.6 Å². The number of fused-ring (bicyclic) bond motifs is 1. The van der Waals surface area contributed by atoms with Gasteiger partial charge < -0.3 is 9.15 Å². The van der Waals surface area contributed by atoms with Gasteiger partial charge >= 0.3 is 0 Å². The van der Waals surface area contributed by atoms with Crippen LogP contribution in [0.4, 0.5) is 0 Å². The fourth-order valence-corrected chi connectivity index (χ4v) is 2.09. The summed E-state index contributed by atoms with van der Waals surface area (Å²) in [5.74, 6) is 1.07. The molecule has 0 saturated carbocycles. The summed E-state index contributed by atoms with van der Waals surface area (Å²) in [6.07, 6.45) is 0. The van der Waals surface area contributed by atoms with Gasteiger partial charge in [-0.3, -0.25) is 0 Å². The predicted molar refractivity (Wildman–Crippen MR) is 73.0 cm³/mol. The lowest BCUT2D eigenvalue weighted by Gasteiger charge is -2.02. The van der Waals surface area contributed by atoms with Crippen LogP contribution in [0.1, 0.15) is 5.69 Å². The van der Waals surface area contributed by atoms with Gasteiger partial charge in [0.2, 0.25) is 0 Å². The molecule has 3 aromatic rings. The fraction of sp³-hybridized carbons (Fsp3) is 0.143. The van der Waals surface area contributed by atoms with Crippen molar-refractivity contribution in [2.45, 2.75) is 6.61 Å². The monoisotopic (exact) mass is 274 g/mol. The van der Waals surface area contributed by atoms with Gasteiger partial charge in [0.1, 0.15) is 10.7 Å². The van der Waals surface area contributed by atoms with Crippen LogP contribution in [0.25, 0.3) is 22.6 Å². The smallest absolute Gasteiger partial charge is 0.197 e. The first-order chi connectivity index (χ1) is 9.26. The largest absolute Gasteiger partial charge is 0.453 e. The van der Waals surface area contributed by atoms with E-state index in [1.807, 2.05) is 30.3 Å². The van der Waals surface area contributed by atoms with Crippen LogP contribution in [-0.4, -0.2) is 17.1 Å². The van der Waals surface area contributed by atoms with Crippen LogP contribution in [-0.2, 0) is 11.3 Å². The molecule has 19 heavy (non-hydrogen) atoms. The third-order valence-electron chi connectivity index (χ3n) is 2.69. The van der Waals surface area contributed by atoms with Crippen LogP contribution in [0, 0.1) is 0 Å². The minimum absolute atomic E-state index is 0.373. The van der Waals surface area contributed by atoms with E-state index in [4.69, 9.17) is 20.8 Å². The summed E-state index contributed by atoms with van der Waals surface area (Å²) in [6, 6.07) is 11.3. The van der Waals surface area contributed by atoms with Gasteiger partial charge in [-0.15, -0.1) is 0 Å². The minimum atomic E-state index is 0.373. The van der Waals surface area contributed by atoms with E-state index in [0.717, 1.165) is 16.7 Å². The highest BCUT2D eigenvalue weighted by Gasteiger charge is 2.11. The van der Waals surface area contributed by atoms with Gasteiger partial charge in [0.25, 0.3) is 0 Å². The SMILES string of the molecule is COCc1cc(Cl)nc(-c2cc3ccccc3o2)n1. The van der Waals surface area contributed by atoms with Crippen LogP contribution in [0.2, 0.25) is 5.15 Å². The first kappa shape index (κ1) is 12.1. The molecule has 0 N–H and O–H groups in total. The summed E-state index contributed by atoms with van der Waals surface area (Å²) in [6.45, 7) is 0.384. The first-order valence-electron chi connectivity index (χ1n) is 5.77. The molecule has 0 aliphatic rings. The van der Waals surface area contributed by atoms with Crippen molar-refractivity contribution in [3.05, 3.63) is 47.2 Å². The number of rotatable bonds is 3. The van der Waals surface area contributed by atoms with Crippen molar-refractivity contribution in [1.29, 1.82) is 0 Å². The maximum absolute atomic E-state index is 5.99. The van der Waals surface area contributed by atoms with Crippen LogP contribution < -0.4 is 0 Å². The molecule has 0 radical (unpaired) electrons. The zero-order valence-corrected chi connectivity index (χ0v) is 11.0. The molecule has 0 aliphatic carbocycles. The van der Waals surface area contributed by atoms with Gasteiger partial charge in [-0.25, -0.2) is 9.97 Å². The average Bonchev–Trinajstić information content (AvgIpc) is 2.82. The highest BCUT2D eigenvalue weighted by atomic mass is 35.5. The Labute approximate surface area is 115 Å². The highest BCUT2D eigenvalue weighted by Crippen LogP contribution is 2.26. The molecular formula is C14H11ClN2O2. The van der Waals surface area contributed by atoms with Crippen molar-refractivity contribution in [1.82, 2.24) is 9.97 Å². The summed E-state index contributed by atoms with van der Waals surface area (Å²) in [7, 11) is 1.61. The molecular weight excluding hydrogens is 264 g/mol. The number of halogens is 1. The Bertz CT molecular complexity index is 691. The topological polar surface area (TPSA) is 48.2 Å². The molecule has 96 valence electrons. The van der Waals surface area contributed by atoms with E-state index in [9.17, 15) is 0 Å². The van der Waals surface area contributed by atoms with Crippen molar-refractivity contribution < 1.29 is 9.15 Å². The molecule has 0 atom stereocenters. The number of ether oxygens (including phenoxy) is 1. The zero-order chi connectivity index (χ0) is 13.2. The zero-order valence-electron chi connectivity index (χ0n) is 10.3. The normalized spacial score (nSPS) is 11.1. The number of hydrogen-bond acceptors (Lipinski definition) is 4. The van der Waals surface area contributed by atoms with Gasteiger partial charge in [0.15, 0.2) is 11.6 Å². The number of methoxy groups -OCH3 is 1. The van der Waals surface area contributed by atoms with Crippen molar-refractivity contribution in [2.75, 3.05) is 7.11 Å². The summed E-state index contributed by atoms with van der Waals surface area (Å²) < 4.78 is 10.8. The molecule has 0 aliphatic heterocycles. The summed E-state index contributed by atoms with van der Waals surface area (Å²) >= 11 is 5.99. The maximum Gasteiger partial charge on any atom is 0.197 e. The lowest BCUT2D eigenvalue weighted by atomic mass is 10.2. The number of benzene rings is 1. The third kappa shape index (κ3) is 2.45. The molecule has 0 spiro atoms. The number of para-hydroxylation sites is 1. The molecule has 5 heteroatoms. The second kappa shape index (κ2) is 4.99. The third-order valence-corrected chi connectivity index (χ3v) is 2.88. The molecule has 1 aromatic carbocycles. The van der Waals surface area contributed by atoms with Gasteiger partial charge in [-0.2, -0.15) is 0 Å². The van der Waals surface area contributed by atoms with E-state index in [-0.39, 0.29) is 0 Å². The van der Waals surface area contributed by atoms with E-state index >= 15 is 0 Å². The van der Waals surface area contributed by atoms with E-state index in [1.54, 1.807) is 13.2 Å². The Hall–Kier alpha value is -1.91. The lowest BCUT2D eigenvalue weighted by Crippen LogP contribution is -1.96. The minimum Gasteiger partial charge on any atom is -0.453 e. The highest BCUT2D eigenvalue weighted by molar-refractivity contribution is 6.29. The molecule has 3 rings (SSSR count). The molecule has 2 aromatic heterocycles. The lowest BCUT2D eigenvalue weighted by molar-refractivity contribution is 0.181. The fourth-order valence-electron chi connectivity index (χ4n) is 1.89. The van der Waals surface area contributed by atoms with Crippen molar-refractivity contribution in [2.24, 2.45) is 0 Å². The van der Waals surface area contributed by atoms with E-state index in [2.05, 4.69) is 9.97 Å². The van der Waals surface area contributed by atoms with Gasteiger partial charge in [-0.05, 0) is 18.2 Å². The molecule has 0 amide bonds. The Balaban J connectivity index is 2.09. The number of nitrogens with zero attached hydrogens (tertiary/aromatic N) is 2. The average molecular weight is 275 g/mol. The Morgan fingerprint density at radius 1 is 1.21 bits per heavy atom. The molecule has 0 fully saturated rings.